The van der Waals surface area contributed by atoms with E-state index in [0.717, 1.165) is 15.9 Å². The van der Waals surface area contributed by atoms with Crippen LogP contribution in [0.1, 0.15) is 19.8 Å². The highest BCUT2D eigenvalue weighted by Gasteiger charge is 2.29. The summed E-state index contributed by atoms with van der Waals surface area (Å²) >= 11 is 1.29. The van der Waals surface area contributed by atoms with E-state index in [1.807, 2.05) is 43.3 Å². The largest absolute Gasteiger partial charge is 0.481 e. The van der Waals surface area contributed by atoms with E-state index in [1.165, 1.54) is 11.8 Å². The summed E-state index contributed by atoms with van der Waals surface area (Å²) < 4.78 is 12.2. The molecule has 0 aliphatic heterocycles. The van der Waals surface area contributed by atoms with Crippen molar-refractivity contribution >= 4 is 36.4 Å². The average molecular weight is 353 g/mol. The van der Waals surface area contributed by atoms with E-state index in [2.05, 4.69) is 4.98 Å². The molecule has 0 saturated carbocycles. The maximum atomic E-state index is 12.2. The van der Waals surface area contributed by atoms with Crippen LogP contribution in [0.3, 0.4) is 0 Å². The van der Waals surface area contributed by atoms with Gasteiger partial charge in [0.1, 0.15) is 13.6 Å². The molecule has 5 nitrogen and oxygen atoms in total. The van der Waals surface area contributed by atoms with Crippen LogP contribution in [-0.4, -0.2) is 32.5 Å². The van der Waals surface area contributed by atoms with Crippen molar-refractivity contribution in [2.45, 2.75) is 30.6 Å². The quantitative estimate of drug-likeness (QED) is 0.556. The standard InChI is InChI=1S/C16H20NO4PS/c1-2-5-12(15(18)19)16(20)22(21)10-23-14-9-8-11-6-3-4-7-13(11)17-14/h3-4,6-9,12,16,20,22H,2,5,10H2,1H3,(H,18,19). The van der Waals surface area contributed by atoms with E-state index in [1.54, 1.807) is 0 Å². The van der Waals surface area contributed by atoms with Crippen molar-refractivity contribution in [2.75, 3.05) is 5.49 Å². The lowest BCUT2D eigenvalue weighted by atomic mass is 10.1. The topological polar surface area (TPSA) is 87.5 Å². The molecule has 3 atom stereocenters. The van der Waals surface area contributed by atoms with Crippen LogP contribution in [0.5, 0.6) is 0 Å². The number of carboxylic acid groups (broad SMARTS) is 1. The molecule has 2 rings (SSSR count). The Morgan fingerprint density at radius 1 is 1.30 bits per heavy atom. The summed E-state index contributed by atoms with van der Waals surface area (Å²) in [6, 6.07) is 11.5. The summed E-state index contributed by atoms with van der Waals surface area (Å²) in [5.41, 5.74) is 1.04. The van der Waals surface area contributed by atoms with Gasteiger partial charge in [0.25, 0.3) is 0 Å². The number of hydrogen-bond acceptors (Lipinski definition) is 5. The number of aliphatic carboxylic acids is 1. The molecule has 124 valence electrons. The Morgan fingerprint density at radius 2 is 2.04 bits per heavy atom. The maximum absolute atomic E-state index is 12.2. The van der Waals surface area contributed by atoms with Gasteiger partial charge < -0.3 is 14.8 Å². The highest BCUT2D eigenvalue weighted by Crippen LogP contribution is 2.39. The van der Waals surface area contributed by atoms with Gasteiger partial charge in [-0.05, 0) is 18.6 Å². The van der Waals surface area contributed by atoms with E-state index < -0.39 is 25.5 Å². The summed E-state index contributed by atoms with van der Waals surface area (Å²) in [4.78, 5) is 15.6. The number of rotatable bonds is 8. The number of aromatic nitrogens is 1. The van der Waals surface area contributed by atoms with Gasteiger partial charge in [0.05, 0.1) is 22.0 Å². The van der Waals surface area contributed by atoms with E-state index in [0.29, 0.717) is 12.8 Å². The number of thioether (sulfide) groups is 1. The molecule has 0 aliphatic carbocycles. The van der Waals surface area contributed by atoms with Crippen LogP contribution in [0, 0.1) is 5.92 Å². The lowest BCUT2D eigenvalue weighted by molar-refractivity contribution is -0.144. The zero-order valence-corrected chi connectivity index (χ0v) is 14.6. The van der Waals surface area contributed by atoms with Crippen molar-refractivity contribution in [2.24, 2.45) is 5.92 Å². The number of hydrogen-bond donors (Lipinski definition) is 2. The van der Waals surface area contributed by atoms with Crippen molar-refractivity contribution in [3.05, 3.63) is 36.4 Å². The molecular weight excluding hydrogens is 333 g/mol. The third-order valence-corrected chi connectivity index (χ3v) is 6.86. The molecular formula is C16H20NO4PS. The Kier molecular flexibility index (Phi) is 6.63. The van der Waals surface area contributed by atoms with Gasteiger partial charge >= 0.3 is 5.97 Å². The second-order valence-electron chi connectivity index (χ2n) is 5.28. The minimum Gasteiger partial charge on any atom is -0.481 e. The number of aliphatic hydroxyl groups is 1. The molecule has 0 fully saturated rings. The van der Waals surface area contributed by atoms with Gasteiger partial charge in [0.15, 0.2) is 0 Å². The molecule has 3 unspecified atom stereocenters. The van der Waals surface area contributed by atoms with Crippen LogP contribution in [0.25, 0.3) is 10.9 Å². The lowest BCUT2D eigenvalue weighted by Gasteiger charge is -2.18. The second kappa shape index (κ2) is 8.48. The zero-order chi connectivity index (χ0) is 16.8. The second-order valence-corrected chi connectivity index (χ2v) is 8.66. The third-order valence-electron chi connectivity index (χ3n) is 3.56. The van der Waals surface area contributed by atoms with Crippen molar-refractivity contribution in [3.63, 3.8) is 0 Å². The van der Waals surface area contributed by atoms with Gasteiger partial charge in [-0.3, -0.25) is 4.79 Å². The average Bonchev–Trinajstić information content (AvgIpc) is 2.56. The first kappa shape index (κ1) is 18.0. The highest BCUT2D eigenvalue weighted by molar-refractivity contribution is 8.03. The summed E-state index contributed by atoms with van der Waals surface area (Å²) in [5, 5.41) is 20.9. The number of carboxylic acids is 1. The maximum Gasteiger partial charge on any atom is 0.309 e. The van der Waals surface area contributed by atoms with Gasteiger partial charge in [0.2, 0.25) is 0 Å². The SMILES string of the molecule is CCCC(C(=O)O)C(O)[PH](=O)CSc1ccc2ccccc2n1. The normalized spacial score (nSPS) is 15.2. The van der Waals surface area contributed by atoms with E-state index >= 15 is 0 Å². The zero-order valence-electron chi connectivity index (χ0n) is 12.8. The van der Waals surface area contributed by atoms with Crippen LogP contribution < -0.4 is 0 Å². The fourth-order valence-corrected chi connectivity index (χ4v) is 5.24. The molecule has 0 saturated heterocycles. The Labute approximate surface area is 139 Å². The van der Waals surface area contributed by atoms with E-state index in [9.17, 15) is 14.5 Å². The minimum absolute atomic E-state index is 0.185. The monoisotopic (exact) mass is 353 g/mol. The van der Waals surface area contributed by atoms with Crippen molar-refractivity contribution in [1.29, 1.82) is 0 Å². The number of carbonyl (C=O) groups is 1. The third kappa shape index (κ3) is 4.80. The van der Waals surface area contributed by atoms with Crippen molar-refractivity contribution < 1.29 is 19.6 Å². The van der Waals surface area contributed by atoms with Crippen LogP contribution in [-0.2, 0) is 9.36 Å². The van der Waals surface area contributed by atoms with Crippen LogP contribution in [0.2, 0.25) is 0 Å². The molecule has 1 aromatic heterocycles. The molecule has 0 spiro atoms. The van der Waals surface area contributed by atoms with Gasteiger partial charge in [-0.2, -0.15) is 0 Å². The lowest BCUT2D eigenvalue weighted by Crippen LogP contribution is -2.25. The summed E-state index contributed by atoms with van der Waals surface area (Å²) in [6.07, 6.45) is 0.953. The number of aliphatic hydroxyl groups excluding tert-OH is 1. The Morgan fingerprint density at radius 3 is 2.74 bits per heavy atom. The van der Waals surface area contributed by atoms with Gasteiger partial charge in [0, 0.05) is 5.39 Å². The number of pyridine rings is 1. The van der Waals surface area contributed by atoms with Gasteiger partial charge in [-0.15, -0.1) is 0 Å². The van der Waals surface area contributed by atoms with Crippen molar-refractivity contribution in [1.82, 2.24) is 4.98 Å². The smallest absolute Gasteiger partial charge is 0.309 e. The molecule has 7 heteroatoms. The molecule has 0 radical (unpaired) electrons. The highest BCUT2D eigenvalue weighted by atomic mass is 32.2. The first-order chi connectivity index (χ1) is 11.0. The fourth-order valence-electron chi connectivity index (χ4n) is 2.31. The molecule has 1 heterocycles. The molecule has 0 aliphatic rings. The summed E-state index contributed by atoms with van der Waals surface area (Å²) in [6.45, 7) is 1.84. The fraction of sp³-hybridized carbons (Fsp3) is 0.375. The van der Waals surface area contributed by atoms with E-state index in [-0.39, 0.29) is 5.49 Å². The summed E-state index contributed by atoms with van der Waals surface area (Å²) in [7, 11) is -2.44. The van der Waals surface area contributed by atoms with Gasteiger partial charge in [-0.25, -0.2) is 4.98 Å². The number of para-hydroxylation sites is 1. The molecule has 1 aromatic carbocycles. The number of benzene rings is 1. The number of fused-ring (bicyclic) bond motifs is 1. The molecule has 2 aromatic rings. The van der Waals surface area contributed by atoms with Gasteiger partial charge in [-0.1, -0.05) is 49.4 Å². The van der Waals surface area contributed by atoms with Crippen LogP contribution >= 0.6 is 19.6 Å². The summed E-state index contributed by atoms with van der Waals surface area (Å²) in [5.74, 6) is -3.34. The Bertz CT molecular complexity index is 709. The van der Waals surface area contributed by atoms with Crippen LogP contribution in [0.4, 0.5) is 0 Å². The Balaban J connectivity index is 2.00. The molecule has 23 heavy (non-hydrogen) atoms. The van der Waals surface area contributed by atoms with E-state index in [4.69, 9.17) is 5.11 Å². The molecule has 2 N–H and O–H groups in total. The number of nitrogens with zero attached hydrogens (tertiary/aromatic N) is 1. The first-order valence-electron chi connectivity index (χ1n) is 7.45. The van der Waals surface area contributed by atoms with Crippen molar-refractivity contribution in [3.8, 4) is 0 Å². The Hall–Kier alpha value is -1.36. The molecule has 0 bridgehead atoms. The minimum atomic E-state index is -2.44. The predicted molar refractivity (Wildman–Crippen MR) is 93.5 cm³/mol. The predicted octanol–water partition coefficient (Wildman–Crippen LogP) is 3.66. The molecule has 0 amide bonds. The van der Waals surface area contributed by atoms with Crippen LogP contribution in [0.15, 0.2) is 41.4 Å². The first-order valence-corrected chi connectivity index (χ1v) is 10.1.